The highest BCUT2D eigenvalue weighted by Gasteiger charge is 2.28. The van der Waals surface area contributed by atoms with E-state index in [1.807, 2.05) is 6.07 Å². The normalized spacial score (nSPS) is 12.9. The molecular formula is C14H15N3O4. The monoisotopic (exact) mass is 289 g/mol. The van der Waals surface area contributed by atoms with Crippen molar-refractivity contribution in [2.45, 2.75) is 6.42 Å². The summed E-state index contributed by atoms with van der Waals surface area (Å²) in [5, 5.41) is 17.7. The molecule has 0 atom stereocenters. The highest BCUT2D eigenvalue weighted by molar-refractivity contribution is 5.99. The second kappa shape index (κ2) is 6.13. The van der Waals surface area contributed by atoms with E-state index >= 15 is 0 Å². The number of carboxylic acids is 1. The molecular weight excluding hydrogens is 274 g/mol. The van der Waals surface area contributed by atoms with Crippen molar-refractivity contribution in [1.82, 2.24) is 4.90 Å². The number of nitriles is 1. The summed E-state index contributed by atoms with van der Waals surface area (Å²) in [4.78, 5) is 26.5. The predicted octanol–water partition coefficient (Wildman–Crippen LogP) is 1.55. The molecule has 7 nitrogen and oxygen atoms in total. The molecule has 110 valence electrons. The third kappa shape index (κ3) is 2.89. The van der Waals surface area contributed by atoms with Gasteiger partial charge in [0.05, 0.1) is 24.7 Å². The van der Waals surface area contributed by atoms with Crippen molar-refractivity contribution in [3.63, 3.8) is 0 Å². The van der Waals surface area contributed by atoms with Crippen LogP contribution in [0, 0.1) is 11.3 Å². The third-order valence-electron chi connectivity index (χ3n) is 3.19. The lowest BCUT2D eigenvalue weighted by Crippen LogP contribution is -2.45. The van der Waals surface area contributed by atoms with Crippen LogP contribution in [-0.2, 0) is 0 Å². The van der Waals surface area contributed by atoms with E-state index in [1.165, 1.54) is 15.9 Å². The molecule has 1 N–H and O–H groups in total. The quantitative estimate of drug-likeness (QED) is 0.911. The molecule has 1 aliphatic rings. The first-order valence-corrected chi connectivity index (χ1v) is 6.45. The minimum absolute atomic E-state index is 0.0321. The van der Waals surface area contributed by atoms with Crippen molar-refractivity contribution in [1.29, 1.82) is 5.26 Å². The van der Waals surface area contributed by atoms with Gasteiger partial charge >= 0.3 is 12.0 Å². The van der Waals surface area contributed by atoms with E-state index in [0.717, 1.165) is 0 Å². The standard InChI is InChI=1S/C14H15N3O4/c1-16(7-3-6-15)14(20)17-8-9-21-12-10(13(18)19)4-2-5-11(12)17/h2,4-5H,3,7-9H2,1H3,(H,18,19). The fraction of sp³-hybridized carbons (Fsp3) is 0.357. The van der Waals surface area contributed by atoms with Gasteiger partial charge in [0.2, 0.25) is 0 Å². The number of ether oxygens (including phenoxy) is 1. The first kappa shape index (κ1) is 14.7. The van der Waals surface area contributed by atoms with E-state index < -0.39 is 5.97 Å². The molecule has 2 amide bonds. The smallest absolute Gasteiger partial charge is 0.339 e. The zero-order chi connectivity index (χ0) is 15.4. The number of aromatic carboxylic acids is 1. The second-order valence-corrected chi connectivity index (χ2v) is 4.57. The van der Waals surface area contributed by atoms with Crippen LogP contribution < -0.4 is 9.64 Å². The molecule has 0 saturated carbocycles. The van der Waals surface area contributed by atoms with E-state index in [-0.39, 0.29) is 30.4 Å². The Hall–Kier alpha value is -2.75. The summed E-state index contributed by atoms with van der Waals surface area (Å²) < 4.78 is 5.41. The lowest BCUT2D eigenvalue weighted by Gasteiger charge is -2.33. The first-order valence-electron chi connectivity index (χ1n) is 6.45. The molecule has 1 aliphatic heterocycles. The van der Waals surface area contributed by atoms with E-state index in [0.29, 0.717) is 18.8 Å². The highest BCUT2D eigenvalue weighted by atomic mass is 16.5. The second-order valence-electron chi connectivity index (χ2n) is 4.57. The summed E-state index contributed by atoms with van der Waals surface area (Å²) in [6, 6.07) is 6.37. The van der Waals surface area contributed by atoms with Crippen LogP contribution in [0.2, 0.25) is 0 Å². The Balaban J connectivity index is 2.30. The maximum Gasteiger partial charge on any atom is 0.339 e. The first-order chi connectivity index (χ1) is 10.1. The lowest BCUT2D eigenvalue weighted by atomic mass is 10.1. The molecule has 0 bridgehead atoms. The Labute approximate surface area is 121 Å². The molecule has 1 aromatic carbocycles. The average molecular weight is 289 g/mol. The maximum atomic E-state index is 12.4. The molecule has 0 fully saturated rings. The Bertz CT molecular complexity index is 609. The minimum Gasteiger partial charge on any atom is -0.489 e. The Morgan fingerprint density at radius 2 is 2.29 bits per heavy atom. The zero-order valence-electron chi connectivity index (χ0n) is 11.6. The Morgan fingerprint density at radius 3 is 2.95 bits per heavy atom. The molecule has 0 aromatic heterocycles. The molecule has 0 aliphatic carbocycles. The number of nitrogens with zero attached hydrogens (tertiary/aromatic N) is 3. The summed E-state index contributed by atoms with van der Waals surface area (Å²) in [5.74, 6) is -0.891. The van der Waals surface area contributed by atoms with E-state index in [2.05, 4.69) is 0 Å². The number of amides is 2. The summed E-state index contributed by atoms with van der Waals surface area (Å²) >= 11 is 0. The molecule has 7 heteroatoms. The van der Waals surface area contributed by atoms with Crippen molar-refractivity contribution in [3.8, 4) is 11.8 Å². The fourth-order valence-corrected chi connectivity index (χ4v) is 2.14. The van der Waals surface area contributed by atoms with Crippen LogP contribution in [-0.4, -0.2) is 48.8 Å². The van der Waals surface area contributed by atoms with Crippen LogP contribution in [0.15, 0.2) is 18.2 Å². The summed E-state index contributed by atoms with van der Waals surface area (Å²) in [7, 11) is 1.61. The van der Waals surface area contributed by atoms with Gasteiger partial charge in [-0.2, -0.15) is 5.26 Å². The number of hydrogen-bond donors (Lipinski definition) is 1. The van der Waals surface area contributed by atoms with Crippen molar-refractivity contribution in [2.24, 2.45) is 0 Å². The summed E-state index contributed by atoms with van der Waals surface area (Å²) in [6.07, 6.45) is 0.245. The molecule has 0 unspecified atom stereocenters. The highest BCUT2D eigenvalue weighted by Crippen LogP contribution is 2.35. The van der Waals surface area contributed by atoms with E-state index in [1.54, 1.807) is 19.2 Å². The number of rotatable bonds is 3. The molecule has 0 radical (unpaired) electrons. The predicted molar refractivity (Wildman–Crippen MR) is 74.5 cm³/mol. The van der Waals surface area contributed by atoms with Crippen LogP contribution in [0.4, 0.5) is 10.5 Å². The maximum absolute atomic E-state index is 12.4. The Kier molecular flexibility index (Phi) is 4.28. The van der Waals surface area contributed by atoms with Crippen molar-refractivity contribution >= 4 is 17.7 Å². The van der Waals surface area contributed by atoms with Crippen LogP contribution >= 0.6 is 0 Å². The topological polar surface area (TPSA) is 93.9 Å². The molecule has 1 aromatic rings. The van der Waals surface area contributed by atoms with E-state index in [9.17, 15) is 9.59 Å². The number of fused-ring (bicyclic) bond motifs is 1. The average Bonchev–Trinajstić information content (AvgIpc) is 2.50. The van der Waals surface area contributed by atoms with E-state index in [4.69, 9.17) is 15.1 Å². The molecule has 0 saturated heterocycles. The minimum atomic E-state index is -1.10. The summed E-state index contributed by atoms with van der Waals surface area (Å²) in [6.45, 7) is 0.890. The van der Waals surface area contributed by atoms with Gasteiger partial charge in [-0.15, -0.1) is 0 Å². The van der Waals surface area contributed by atoms with Crippen LogP contribution in [0.1, 0.15) is 16.8 Å². The number of anilines is 1. The largest absolute Gasteiger partial charge is 0.489 e. The van der Waals surface area contributed by atoms with Crippen molar-refractivity contribution < 1.29 is 19.4 Å². The lowest BCUT2D eigenvalue weighted by molar-refractivity contribution is 0.0691. The molecule has 0 spiro atoms. The number of hydrogen-bond acceptors (Lipinski definition) is 4. The van der Waals surface area contributed by atoms with Gasteiger partial charge < -0.3 is 14.7 Å². The number of carbonyl (C=O) groups excluding carboxylic acids is 1. The van der Waals surface area contributed by atoms with Crippen LogP contribution in [0.25, 0.3) is 0 Å². The Morgan fingerprint density at radius 1 is 1.52 bits per heavy atom. The fourth-order valence-electron chi connectivity index (χ4n) is 2.14. The number of urea groups is 1. The third-order valence-corrected chi connectivity index (χ3v) is 3.19. The van der Waals surface area contributed by atoms with Crippen molar-refractivity contribution in [3.05, 3.63) is 23.8 Å². The van der Waals surface area contributed by atoms with Gasteiger partial charge in [0.1, 0.15) is 12.2 Å². The van der Waals surface area contributed by atoms with Gasteiger partial charge in [-0.05, 0) is 12.1 Å². The van der Waals surface area contributed by atoms with Gasteiger partial charge in [0.25, 0.3) is 0 Å². The SMILES string of the molecule is CN(CCC#N)C(=O)N1CCOc2c(C(=O)O)cccc21. The number of carbonyl (C=O) groups is 2. The number of carboxylic acid groups (broad SMARTS) is 1. The van der Waals surface area contributed by atoms with Crippen LogP contribution in [0.5, 0.6) is 5.75 Å². The summed E-state index contributed by atoms with van der Waals surface area (Å²) in [5.41, 5.74) is 0.472. The van der Waals surface area contributed by atoms with Gasteiger partial charge in [0, 0.05) is 13.6 Å². The molecule has 21 heavy (non-hydrogen) atoms. The molecule has 2 rings (SSSR count). The van der Waals surface area contributed by atoms with Crippen molar-refractivity contribution in [2.75, 3.05) is 31.6 Å². The van der Waals surface area contributed by atoms with Gasteiger partial charge in [-0.3, -0.25) is 4.90 Å². The van der Waals surface area contributed by atoms with Gasteiger partial charge in [-0.1, -0.05) is 6.07 Å². The number of benzene rings is 1. The number of para-hydroxylation sites is 1. The van der Waals surface area contributed by atoms with Crippen LogP contribution in [0.3, 0.4) is 0 Å². The zero-order valence-corrected chi connectivity index (χ0v) is 11.6. The van der Waals surface area contributed by atoms with Gasteiger partial charge in [0.15, 0.2) is 5.75 Å². The molecule has 1 heterocycles. The van der Waals surface area contributed by atoms with Gasteiger partial charge in [-0.25, -0.2) is 9.59 Å².